The SMILES string of the molecule is CCc1ccc(-c2ccc(C(=O)CN)s2)cc1. The van der Waals surface area contributed by atoms with E-state index in [0.717, 1.165) is 21.7 Å². The molecule has 0 bridgehead atoms. The molecule has 0 aliphatic carbocycles. The van der Waals surface area contributed by atoms with Crippen LogP contribution in [-0.4, -0.2) is 12.3 Å². The summed E-state index contributed by atoms with van der Waals surface area (Å²) in [6.45, 7) is 2.22. The Bertz CT molecular complexity index is 513. The maximum Gasteiger partial charge on any atom is 0.186 e. The fourth-order valence-electron chi connectivity index (χ4n) is 1.65. The van der Waals surface area contributed by atoms with Crippen LogP contribution in [0.15, 0.2) is 36.4 Å². The molecule has 2 rings (SSSR count). The standard InChI is InChI=1S/C14H15NOS/c1-2-10-3-5-11(6-4-10)13-7-8-14(17-13)12(16)9-15/h3-8H,2,9,15H2,1H3. The Balaban J connectivity index is 2.27. The van der Waals surface area contributed by atoms with Gasteiger partial charge in [-0.15, -0.1) is 11.3 Å². The number of nitrogens with two attached hydrogens (primary N) is 1. The van der Waals surface area contributed by atoms with Crippen molar-refractivity contribution in [3.63, 3.8) is 0 Å². The average Bonchev–Trinajstić information content (AvgIpc) is 2.87. The van der Waals surface area contributed by atoms with E-state index in [9.17, 15) is 4.79 Å². The lowest BCUT2D eigenvalue weighted by atomic mass is 10.1. The highest BCUT2D eigenvalue weighted by molar-refractivity contribution is 7.17. The number of ketones is 1. The van der Waals surface area contributed by atoms with Crippen molar-refractivity contribution in [2.24, 2.45) is 5.73 Å². The molecule has 2 aromatic rings. The molecular formula is C14H15NOS. The average molecular weight is 245 g/mol. The molecule has 0 aliphatic heterocycles. The molecule has 1 aromatic heterocycles. The smallest absolute Gasteiger partial charge is 0.186 e. The highest BCUT2D eigenvalue weighted by Crippen LogP contribution is 2.28. The minimum atomic E-state index is 0.00595. The lowest BCUT2D eigenvalue weighted by Crippen LogP contribution is -2.11. The third-order valence-electron chi connectivity index (χ3n) is 2.71. The third-order valence-corrected chi connectivity index (χ3v) is 3.89. The number of carbonyl (C=O) groups excluding carboxylic acids is 1. The zero-order valence-electron chi connectivity index (χ0n) is 9.77. The molecule has 17 heavy (non-hydrogen) atoms. The van der Waals surface area contributed by atoms with Crippen LogP contribution in [0.3, 0.4) is 0 Å². The monoisotopic (exact) mass is 245 g/mol. The highest BCUT2D eigenvalue weighted by atomic mass is 32.1. The molecule has 0 spiro atoms. The third kappa shape index (κ3) is 2.62. The topological polar surface area (TPSA) is 43.1 Å². The van der Waals surface area contributed by atoms with Crippen molar-refractivity contribution in [3.05, 3.63) is 46.8 Å². The Hall–Kier alpha value is -1.45. The summed E-state index contributed by atoms with van der Waals surface area (Å²) >= 11 is 1.50. The van der Waals surface area contributed by atoms with Gasteiger partial charge in [-0.2, -0.15) is 0 Å². The van der Waals surface area contributed by atoms with E-state index in [1.807, 2.05) is 12.1 Å². The first-order valence-electron chi connectivity index (χ1n) is 5.67. The molecule has 0 radical (unpaired) electrons. The number of benzene rings is 1. The number of Topliss-reactive ketones (excluding diaryl/α,β-unsaturated/α-hetero) is 1. The van der Waals surface area contributed by atoms with Crippen LogP contribution in [-0.2, 0) is 6.42 Å². The van der Waals surface area contributed by atoms with Gasteiger partial charge in [0, 0.05) is 4.88 Å². The van der Waals surface area contributed by atoms with E-state index in [-0.39, 0.29) is 12.3 Å². The quantitative estimate of drug-likeness (QED) is 0.841. The zero-order chi connectivity index (χ0) is 12.3. The van der Waals surface area contributed by atoms with E-state index >= 15 is 0 Å². The van der Waals surface area contributed by atoms with Crippen molar-refractivity contribution in [1.82, 2.24) is 0 Å². The minimum Gasteiger partial charge on any atom is -0.324 e. The second-order valence-corrected chi connectivity index (χ2v) is 4.93. The van der Waals surface area contributed by atoms with Crippen molar-refractivity contribution in [1.29, 1.82) is 0 Å². The molecule has 0 saturated heterocycles. The van der Waals surface area contributed by atoms with Crippen molar-refractivity contribution >= 4 is 17.1 Å². The molecule has 1 heterocycles. The summed E-state index contributed by atoms with van der Waals surface area (Å²) in [5.74, 6) is 0.00595. The number of rotatable bonds is 4. The van der Waals surface area contributed by atoms with Crippen LogP contribution in [0.2, 0.25) is 0 Å². The van der Waals surface area contributed by atoms with Crippen molar-refractivity contribution in [2.45, 2.75) is 13.3 Å². The number of aryl methyl sites for hydroxylation is 1. The van der Waals surface area contributed by atoms with Gasteiger partial charge in [-0.25, -0.2) is 0 Å². The number of carbonyl (C=O) groups is 1. The molecule has 0 fully saturated rings. The van der Waals surface area contributed by atoms with Gasteiger partial charge in [0.05, 0.1) is 11.4 Å². The fraction of sp³-hybridized carbons (Fsp3) is 0.214. The van der Waals surface area contributed by atoms with E-state index in [4.69, 9.17) is 5.73 Å². The van der Waals surface area contributed by atoms with Gasteiger partial charge in [0.2, 0.25) is 0 Å². The van der Waals surface area contributed by atoms with Crippen LogP contribution < -0.4 is 5.73 Å². The fourth-order valence-corrected chi connectivity index (χ4v) is 2.61. The van der Waals surface area contributed by atoms with E-state index in [2.05, 4.69) is 31.2 Å². The van der Waals surface area contributed by atoms with Crippen molar-refractivity contribution < 1.29 is 4.79 Å². The summed E-state index contributed by atoms with van der Waals surface area (Å²) in [5, 5.41) is 0. The molecule has 0 saturated carbocycles. The molecular weight excluding hydrogens is 230 g/mol. The van der Waals surface area contributed by atoms with Gasteiger partial charge in [-0.05, 0) is 29.7 Å². The van der Waals surface area contributed by atoms with Gasteiger partial charge in [-0.1, -0.05) is 31.2 Å². The zero-order valence-corrected chi connectivity index (χ0v) is 10.6. The number of hydrogen-bond acceptors (Lipinski definition) is 3. The molecule has 1 aromatic carbocycles. The van der Waals surface area contributed by atoms with Crippen molar-refractivity contribution in [3.8, 4) is 10.4 Å². The molecule has 0 amide bonds. The summed E-state index contributed by atoms with van der Waals surface area (Å²) in [7, 11) is 0. The Morgan fingerprint density at radius 2 is 1.88 bits per heavy atom. The molecule has 0 aliphatic rings. The number of thiophene rings is 1. The first kappa shape index (κ1) is 12.0. The van der Waals surface area contributed by atoms with Gasteiger partial charge in [0.15, 0.2) is 5.78 Å². The van der Waals surface area contributed by atoms with Gasteiger partial charge in [0.25, 0.3) is 0 Å². The Morgan fingerprint density at radius 1 is 1.18 bits per heavy atom. The second-order valence-electron chi connectivity index (χ2n) is 3.84. The van der Waals surface area contributed by atoms with Crippen LogP contribution in [0.1, 0.15) is 22.2 Å². The Labute approximate surface area is 105 Å². The Kier molecular flexibility index (Phi) is 3.71. The van der Waals surface area contributed by atoms with Crippen LogP contribution in [0, 0.1) is 0 Å². The van der Waals surface area contributed by atoms with E-state index < -0.39 is 0 Å². The van der Waals surface area contributed by atoms with Crippen LogP contribution >= 0.6 is 11.3 Å². The number of hydrogen-bond donors (Lipinski definition) is 1. The summed E-state index contributed by atoms with van der Waals surface area (Å²) in [5.41, 5.74) is 7.83. The van der Waals surface area contributed by atoms with E-state index in [1.165, 1.54) is 16.9 Å². The van der Waals surface area contributed by atoms with E-state index in [0.29, 0.717) is 0 Å². The van der Waals surface area contributed by atoms with Gasteiger partial charge < -0.3 is 5.73 Å². The highest BCUT2D eigenvalue weighted by Gasteiger charge is 2.08. The minimum absolute atomic E-state index is 0.00595. The predicted octanol–water partition coefficient (Wildman–Crippen LogP) is 3.12. The summed E-state index contributed by atoms with van der Waals surface area (Å²) < 4.78 is 0. The van der Waals surface area contributed by atoms with Gasteiger partial charge in [-0.3, -0.25) is 4.79 Å². The van der Waals surface area contributed by atoms with E-state index in [1.54, 1.807) is 0 Å². The second kappa shape index (κ2) is 5.25. The normalized spacial score (nSPS) is 10.5. The molecule has 0 atom stereocenters. The molecule has 0 unspecified atom stereocenters. The molecule has 2 N–H and O–H groups in total. The summed E-state index contributed by atoms with van der Waals surface area (Å²) in [4.78, 5) is 13.3. The summed E-state index contributed by atoms with van der Waals surface area (Å²) in [6, 6.07) is 12.3. The maximum absolute atomic E-state index is 11.4. The summed E-state index contributed by atoms with van der Waals surface area (Å²) in [6.07, 6.45) is 1.04. The largest absolute Gasteiger partial charge is 0.324 e. The van der Waals surface area contributed by atoms with Gasteiger partial charge >= 0.3 is 0 Å². The van der Waals surface area contributed by atoms with Gasteiger partial charge in [0.1, 0.15) is 0 Å². The molecule has 2 nitrogen and oxygen atoms in total. The first-order valence-corrected chi connectivity index (χ1v) is 6.48. The Morgan fingerprint density at radius 3 is 2.47 bits per heavy atom. The van der Waals surface area contributed by atoms with Crippen LogP contribution in [0.5, 0.6) is 0 Å². The lowest BCUT2D eigenvalue weighted by molar-refractivity contribution is 0.100. The van der Waals surface area contributed by atoms with Crippen LogP contribution in [0.4, 0.5) is 0 Å². The van der Waals surface area contributed by atoms with Crippen molar-refractivity contribution in [2.75, 3.05) is 6.54 Å². The first-order chi connectivity index (χ1) is 8.24. The predicted molar refractivity (Wildman–Crippen MR) is 72.5 cm³/mol. The molecule has 88 valence electrons. The molecule has 3 heteroatoms. The maximum atomic E-state index is 11.4. The lowest BCUT2D eigenvalue weighted by Gasteiger charge is -1.99. The van der Waals surface area contributed by atoms with Crippen LogP contribution in [0.25, 0.3) is 10.4 Å².